The summed E-state index contributed by atoms with van der Waals surface area (Å²) in [6.45, 7) is 0. The molecule has 0 bridgehead atoms. The van der Waals surface area contributed by atoms with Crippen LogP contribution in [0.5, 0.6) is 0 Å². The Hall–Kier alpha value is -1.97. The predicted molar refractivity (Wildman–Crippen MR) is 56.2 cm³/mol. The molecule has 0 aliphatic heterocycles. The SMILES string of the molecule is CN=C(N)c1ccc2ncccc2n1. The fourth-order valence-electron chi connectivity index (χ4n) is 1.21. The van der Waals surface area contributed by atoms with Crippen molar-refractivity contribution in [3.05, 3.63) is 36.2 Å². The van der Waals surface area contributed by atoms with Crippen LogP contribution in [0.4, 0.5) is 0 Å². The smallest absolute Gasteiger partial charge is 0.144 e. The number of aliphatic imine (C=N–C) groups is 1. The van der Waals surface area contributed by atoms with E-state index < -0.39 is 0 Å². The standard InChI is InChI=1S/C10H10N4/c1-12-10(11)9-5-4-7-8(14-9)3-2-6-13-7/h2-6H,1H3,(H2,11,12). The van der Waals surface area contributed by atoms with Gasteiger partial charge in [0.2, 0.25) is 0 Å². The first-order valence-corrected chi connectivity index (χ1v) is 4.25. The van der Waals surface area contributed by atoms with Crippen LogP contribution in [-0.2, 0) is 0 Å². The summed E-state index contributed by atoms with van der Waals surface area (Å²) in [5, 5.41) is 0. The Morgan fingerprint density at radius 3 is 2.93 bits per heavy atom. The van der Waals surface area contributed by atoms with Gasteiger partial charge in [0.05, 0.1) is 11.0 Å². The molecule has 4 nitrogen and oxygen atoms in total. The van der Waals surface area contributed by atoms with Crippen molar-refractivity contribution in [1.82, 2.24) is 9.97 Å². The van der Waals surface area contributed by atoms with Crippen LogP contribution in [0.2, 0.25) is 0 Å². The van der Waals surface area contributed by atoms with Crippen molar-refractivity contribution < 1.29 is 0 Å². The molecule has 2 rings (SSSR count). The third kappa shape index (κ3) is 1.42. The Bertz CT molecular complexity index is 490. The molecule has 0 atom stereocenters. The molecule has 4 heteroatoms. The van der Waals surface area contributed by atoms with Crippen LogP contribution in [0.25, 0.3) is 11.0 Å². The highest BCUT2D eigenvalue weighted by molar-refractivity contribution is 5.97. The Labute approximate surface area is 81.5 Å². The van der Waals surface area contributed by atoms with E-state index in [9.17, 15) is 0 Å². The average Bonchev–Trinajstić information content (AvgIpc) is 2.27. The van der Waals surface area contributed by atoms with Gasteiger partial charge in [-0.3, -0.25) is 9.98 Å². The van der Waals surface area contributed by atoms with E-state index in [4.69, 9.17) is 5.73 Å². The number of hydrogen-bond donors (Lipinski definition) is 1. The van der Waals surface area contributed by atoms with Crippen LogP contribution in [-0.4, -0.2) is 22.9 Å². The molecule has 0 saturated heterocycles. The van der Waals surface area contributed by atoms with Crippen LogP contribution in [0.1, 0.15) is 5.69 Å². The Kier molecular flexibility index (Phi) is 2.10. The van der Waals surface area contributed by atoms with E-state index in [2.05, 4.69) is 15.0 Å². The summed E-state index contributed by atoms with van der Waals surface area (Å²) in [4.78, 5) is 12.4. The van der Waals surface area contributed by atoms with Gasteiger partial charge in [0.15, 0.2) is 0 Å². The van der Waals surface area contributed by atoms with Crippen molar-refractivity contribution in [3.8, 4) is 0 Å². The fraction of sp³-hybridized carbons (Fsp3) is 0.100. The number of nitrogens with two attached hydrogens (primary N) is 1. The van der Waals surface area contributed by atoms with E-state index in [0.717, 1.165) is 11.0 Å². The summed E-state index contributed by atoms with van der Waals surface area (Å²) in [6.07, 6.45) is 1.74. The van der Waals surface area contributed by atoms with Gasteiger partial charge < -0.3 is 5.73 Å². The van der Waals surface area contributed by atoms with Crippen molar-refractivity contribution in [3.63, 3.8) is 0 Å². The summed E-state index contributed by atoms with van der Waals surface area (Å²) < 4.78 is 0. The van der Waals surface area contributed by atoms with Gasteiger partial charge in [0.25, 0.3) is 0 Å². The largest absolute Gasteiger partial charge is 0.382 e. The van der Waals surface area contributed by atoms with Crippen molar-refractivity contribution in [1.29, 1.82) is 0 Å². The number of pyridine rings is 2. The van der Waals surface area contributed by atoms with Crippen molar-refractivity contribution in [2.75, 3.05) is 7.05 Å². The molecular formula is C10H10N4. The molecule has 2 aromatic heterocycles. The minimum atomic E-state index is 0.441. The number of rotatable bonds is 1. The summed E-state index contributed by atoms with van der Waals surface area (Å²) in [5.41, 5.74) is 8.03. The highest BCUT2D eigenvalue weighted by Gasteiger charge is 2.00. The molecule has 70 valence electrons. The van der Waals surface area contributed by atoms with Crippen LogP contribution < -0.4 is 5.73 Å². The lowest BCUT2D eigenvalue weighted by Crippen LogP contribution is -2.14. The quantitative estimate of drug-likeness (QED) is 0.533. The monoisotopic (exact) mass is 186 g/mol. The molecule has 0 amide bonds. The maximum Gasteiger partial charge on any atom is 0.144 e. The molecular weight excluding hydrogens is 176 g/mol. The molecule has 0 aliphatic rings. The maximum absolute atomic E-state index is 5.65. The van der Waals surface area contributed by atoms with Gasteiger partial charge >= 0.3 is 0 Å². The second-order valence-corrected chi connectivity index (χ2v) is 2.85. The lowest BCUT2D eigenvalue weighted by atomic mass is 10.2. The zero-order valence-electron chi connectivity index (χ0n) is 7.81. The van der Waals surface area contributed by atoms with Crippen molar-refractivity contribution >= 4 is 16.9 Å². The van der Waals surface area contributed by atoms with Gasteiger partial charge in [-0.25, -0.2) is 4.98 Å². The van der Waals surface area contributed by atoms with Gasteiger partial charge in [-0.2, -0.15) is 0 Å². The highest BCUT2D eigenvalue weighted by atomic mass is 14.9. The Balaban J connectivity index is 2.62. The molecule has 2 heterocycles. The number of hydrogen-bond acceptors (Lipinski definition) is 3. The minimum Gasteiger partial charge on any atom is -0.382 e. The Morgan fingerprint density at radius 2 is 2.14 bits per heavy atom. The van der Waals surface area contributed by atoms with E-state index in [1.165, 1.54) is 0 Å². The van der Waals surface area contributed by atoms with E-state index in [-0.39, 0.29) is 0 Å². The van der Waals surface area contributed by atoms with Crippen LogP contribution in [0.15, 0.2) is 35.5 Å². The zero-order chi connectivity index (χ0) is 9.97. The van der Waals surface area contributed by atoms with Crippen LogP contribution >= 0.6 is 0 Å². The summed E-state index contributed by atoms with van der Waals surface area (Å²) >= 11 is 0. The molecule has 0 unspecified atom stereocenters. The zero-order valence-corrected chi connectivity index (χ0v) is 7.81. The molecule has 0 fully saturated rings. The highest BCUT2D eigenvalue weighted by Crippen LogP contribution is 2.08. The molecule has 14 heavy (non-hydrogen) atoms. The first-order chi connectivity index (χ1) is 6.81. The second kappa shape index (κ2) is 3.41. The number of nitrogens with zero attached hydrogens (tertiary/aromatic N) is 3. The molecule has 0 radical (unpaired) electrons. The second-order valence-electron chi connectivity index (χ2n) is 2.85. The van der Waals surface area contributed by atoms with Gasteiger partial charge in [0.1, 0.15) is 11.5 Å². The molecule has 2 N–H and O–H groups in total. The summed E-state index contributed by atoms with van der Waals surface area (Å²) in [6, 6.07) is 7.44. The fourth-order valence-corrected chi connectivity index (χ4v) is 1.21. The molecule has 0 spiro atoms. The first-order valence-electron chi connectivity index (χ1n) is 4.25. The number of amidine groups is 1. The van der Waals surface area contributed by atoms with Gasteiger partial charge in [0, 0.05) is 13.2 Å². The molecule has 0 aliphatic carbocycles. The predicted octanol–water partition coefficient (Wildman–Crippen LogP) is 0.965. The van der Waals surface area contributed by atoms with Gasteiger partial charge in [-0.15, -0.1) is 0 Å². The molecule has 0 saturated carbocycles. The summed E-state index contributed by atoms with van der Waals surface area (Å²) in [7, 11) is 1.64. The van der Waals surface area contributed by atoms with E-state index >= 15 is 0 Å². The number of fused-ring (bicyclic) bond motifs is 1. The first kappa shape index (κ1) is 8.62. The van der Waals surface area contributed by atoms with Crippen LogP contribution in [0, 0.1) is 0 Å². The van der Waals surface area contributed by atoms with E-state index in [1.807, 2.05) is 24.3 Å². The summed E-state index contributed by atoms with van der Waals surface area (Å²) in [5.74, 6) is 0.441. The maximum atomic E-state index is 5.65. The van der Waals surface area contributed by atoms with Crippen molar-refractivity contribution in [2.24, 2.45) is 10.7 Å². The topological polar surface area (TPSA) is 64.2 Å². The third-order valence-electron chi connectivity index (χ3n) is 1.96. The van der Waals surface area contributed by atoms with Crippen LogP contribution in [0.3, 0.4) is 0 Å². The lowest BCUT2D eigenvalue weighted by Gasteiger charge is -2.00. The Morgan fingerprint density at radius 1 is 1.29 bits per heavy atom. The lowest BCUT2D eigenvalue weighted by molar-refractivity contribution is 1.28. The van der Waals surface area contributed by atoms with Gasteiger partial charge in [-0.1, -0.05) is 0 Å². The minimum absolute atomic E-state index is 0.441. The molecule has 2 aromatic rings. The van der Waals surface area contributed by atoms with Crippen molar-refractivity contribution in [2.45, 2.75) is 0 Å². The number of aromatic nitrogens is 2. The third-order valence-corrected chi connectivity index (χ3v) is 1.96. The van der Waals surface area contributed by atoms with E-state index in [1.54, 1.807) is 13.2 Å². The average molecular weight is 186 g/mol. The molecule has 0 aromatic carbocycles. The van der Waals surface area contributed by atoms with E-state index in [0.29, 0.717) is 11.5 Å². The normalized spacial score (nSPS) is 11.9. The van der Waals surface area contributed by atoms with Gasteiger partial charge in [-0.05, 0) is 24.3 Å².